The van der Waals surface area contributed by atoms with Crippen molar-refractivity contribution in [3.63, 3.8) is 0 Å². The minimum atomic E-state index is -0.510. The Bertz CT molecular complexity index is 579. The molecular formula is C10H12N6O2. The molecule has 18 heavy (non-hydrogen) atoms. The minimum absolute atomic E-state index is 0.124. The number of nitrogens with zero attached hydrogens (tertiary/aromatic N) is 4. The van der Waals surface area contributed by atoms with E-state index >= 15 is 0 Å². The number of nitro groups is 1. The monoisotopic (exact) mass is 248 g/mol. The van der Waals surface area contributed by atoms with E-state index < -0.39 is 4.92 Å². The number of aryl methyl sites for hydroxylation is 1. The Balaban J connectivity index is 2.19. The number of anilines is 2. The second kappa shape index (κ2) is 4.70. The van der Waals surface area contributed by atoms with Crippen molar-refractivity contribution in [1.29, 1.82) is 0 Å². The number of benzene rings is 1. The van der Waals surface area contributed by atoms with Gasteiger partial charge in [0.05, 0.1) is 11.5 Å². The van der Waals surface area contributed by atoms with Gasteiger partial charge in [0.1, 0.15) is 17.7 Å². The largest absolute Gasteiger partial charge is 0.393 e. The van der Waals surface area contributed by atoms with Crippen molar-refractivity contribution in [1.82, 2.24) is 14.8 Å². The second-order valence-electron chi connectivity index (χ2n) is 3.69. The van der Waals surface area contributed by atoms with Crippen LogP contribution in [0.1, 0.15) is 5.82 Å². The molecule has 2 rings (SSSR count). The van der Waals surface area contributed by atoms with Crippen molar-refractivity contribution >= 4 is 17.1 Å². The van der Waals surface area contributed by atoms with Crippen LogP contribution in [0, 0.1) is 10.1 Å². The third-order valence-corrected chi connectivity index (χ3v) is 2.33. The van der Waals surface area contributed by atoms with Crippen LogP contribution >= 0.6 is 0 Å². The summed E-state index contributed by atoms with van der Waals surface area (Å²) in [5.74, 6) is 0.550. The van der Waals surface area contributed by atoms with E-state index in [1.807, 2.05) is 0 Å². The summed E-state index contributed by atoms with van der Waals surface area (Å²) in [6.45, 7) is 0.297. The summed E-state index contributed by atoms with van der Waals surface area (Å²) in [6.07, 6.45) is 1.56. The van der Waals surface area contributed by atoms with Gasteiger partial charge in [-0.05, 0) is 12.1 Å². The third kappa shape index (κ3) is 2.37. The average Bonchev–Trinajstić information content (AvgIpc) is 2.72. The van der Waals surface area contributed by atoms with Crippen LogP contribution in [0.5, 0.6) is 0 Å². The fraction of sp³-hybridized carbons (Fsp3) is 0.200. The molecule has 0 bridgehead atoms. The molecule has 0 fully saturated rings. The Hall–Kier alpha value is -2.64. The van der Waals surface area contributed by atoms with Crippen LogP contribution in [0.2, 0.25) is 0 Å². The standard InChI is InChI=1S/C10H12N6O2/c1-15-6-13-9(14-15)5-12-8-4-2-3-7(11)10(8)16(17)18/h2-4,6,12H,5,11H2,1H3. The van der Waals surface area contributed by atoms with E-state index in [0.717, 1.165) is 0 Å². The normalized spacial score (nSPS) is 10.3. The van der Waals surface area contributed by atoms with Gasteiger partial charge in [0, 0.05) is 7.05 Å². The number of hydrogen-bond acceptors (Lipinski definition) is 6. The highest BCUT2D eigenvalue weighted by molar-refractivity contribution is 5.74. The molecule has 0 atom stereocenters. The van der Waals surface area contributed by atoms with Gasteiger partial charge in [-0.15, -0.1) is 0 Å². The van der Waals surface area contributed by atoms with Gasteiger partial charge in [-0.2, -0.15) is 5.10 Å². The van der Waals surface area contributed by atoms with Gasteiger partial charge in [0.25, 0.3) is 0 Å². The number of para-hydroxylation sites is 1. The molecule has 8 nitrogen and oxygen atoms in total. The molecule has 1 heterocycles. The number of rotatable bonds is 4. The number of nitrogens with two attached hydrogens (primary N) is 1. The summed E-state index contributed by atoms with van der Waals surface area (Å²) >= 11 is 0. The maximum absolute atomic E-state index is 10.9. The first-order valence-electron chi connectivity index (χ1n) is 5.19. The Morgan fingerprint density at radius 3 is 2.94 bits per heavy atom. The molecular weight excluding hydrogens is 236 g/mol. The fourth-order valence-corrected chi connectivity index (χ4v) is 1.55. The number of aromatic nitrogens is 3. The van der Waals surface area contributed by atoms with Crippen molar-refractivity contribution in [2.75, 3.05) is 11.1 Å². The topological polar surface area (TPSA) is 112 Å². The third-order valence-electron chi connectivity index (χ3n) is 2.33. The van der Waals surface area contributed by atoms with Crippen LogP contribution in [-0.4, -0.2) is 19.7 Å². The van der Waals surface area contributed by atoms with E-state index in [4.69, 9.17) is 5.73 Å². The van der Waals surface area contributed by atoms with Crippen molar-refractivity contribution in [2.24, 2.45) is 7.05 Å². The van der Waals surface area contributed by atoms with Crippen LogP contribution in [0.25, 0.3) is 0 Å². The number of hydrogen-bond donors (Lipinski definition) is 2. The molecule has 0 aliphatic rings. The minimum Gasteiger partial charge on any atom is -0.393 e. The number of nitrogens with one attached hydrogen (secondary N) is 1. The lowest BCUT2D eigenvalue weighted by atomic mass is 10.2. The fourth-order valence-electron chi connectivity index (χ4n) is 1.55. The Morgan fingerprint density at radius 2 is 2.33 bits per heavy atom. The molecule has 0 amide bonds. The highest BCUT2D eigenvalue weighted by Crippen LogP contribution is 2.30. The molecule has 2 aromatic rings. The summed E-state index contributed by atoms with van der Waals surface area (Å²) < 4.78 is 1.56. The summed E-state index contributed by atoms with van der Waals surface area (Å²) in [7, 11) is 1.75. The molecule has 0 aliphatic heterocycles. The van der Waals surface area contributed by atoms with Gasteiger partial charge in [-0.1, -0.05) is 6.07 Å². The quantitative estimate of drug-likeness (QED) is 0.472. The molecule has 0 spiro atoms. The van der Waals surface area contributed by atoms with Crippen molar-refractivity contribution < 1.29 is 4.92 Å². The second-order valence-corrected chi connectivity index (χ2v) is 3.69. The molecule has 8 heteroatoms. The van der Waals surface area contributed by atoms with Gasteiger partial charge in [-0.25, -0.2) is 4.98 Å². The zero-order valence-electron chi connectivity index (χ0n) is 9.70. The molecule has 3 N–H and O–H groups in total. The highest BCUT2D eigenvalue weighted by Gasteiger charge is 2.17. The van der Waals surface area contributed by atoms with Crippen LogP contribution in [0.4, 0.5) is 17.1 Å². The van der Waals surface area contributed by atoms with Gasteiger partial charge in [0.15, 0.2) is 5.82 Å². The van der Waals surface area contributed by atoms with Crippen molar-refractivity contribution in [3.8, 4) is 0 Å². The molecule has 1 aromatic heterocycles. The molecule has 0 radical (unpaired) electrons. The summed E-state index contributed by atoms with van der Waals surface area (Å²) in [5.41, 5.74) is 5.93. The zero-order chi connectivity index (χ0) is 13.1. The molecule has 0 aliphatic carbocycles. The highest BCUT2D eigenvalue weighted by atomic mass is 16.6. The van der Waals surface area contributed by atoms with Gasteiger partial charge in [0.2, 0.25) is 0 Å². The molecule has 94 valence electrons. The number of nitrogen functional groups attached to an aromatic ring is 1. The molecule has 0 saturated heterocycles. The van der Waals surface area contributed by atoms with Crippen LogP contribution < -0.4 is 11.1 Å². The maximum Gasteiger partial charge on any atom is 0.314 e. The smallest absolute Gasteiger partial charge is 0.314 e. The van der Waals surface area contributed by atoms with E-state index in [0.29, 0.717) is 18.1 Å². The van der Waals surface area contributed by atoms with E-state index in [9.17, 15) is 10.1 Å². The van der Waals surface area contributed by atoms with E-state index in [2.05, 4.69) is 15.4 Å². The zero-order valence-corrected chi connectivity index (χ0v) is 9.70. The first-order chi connectivity index (χ1) is 8.58. The average molecular weight is 248 g/mol. The maximum atomic E-state index is 10.9. The van der Waals surface area contributed by atoms with Crippen LogP contribution in [0.3, 0.4) is 0 Å². The Kier molecular flexibility index (Phi) is 3.09. The van der Waals surface area contributed by atoms with Gasteiger partial charge in [-0.3, -0.25) is 14.8 Å². The van der Waals surface area contributed by atoms with Gasteiger partial charge < -0.3 is 11.1 Å². The molecule has 0 saturated carbocycles. The van der Waals surface area contributed by atoms with E-state index in [1.54, 1.807) is 30.2 Å². The Labute approximate surface area is 103 Å². The lowest BCUT2D eigenvalue weighted by Gasteiger charge is -2.06. The van der Waals surface area contributed by atoms with Crippen LogP contribution in [-0.2, 0) is 13.6 Å². The first-order valence-corrected chi connectivity index (χ1v) is 5.19. The SMILES string of the molecule is Cn1cnc(CNc2cccc(N)c2[N+](=O)[O-])n1. The lowest BCUT2D eigenvalue weighted by molar-refractivity contribution is -0.383. The van der Waals surface area contributed by atoms with E-state index in [-0.39, 0.29) is 11.4 Å². The summed E-state index contributed by atoms with van der Waals surface area (Å²) in [5, 5.41) is 17.9. The number of nitro benzene ring substituents is 1. The molecule has 1 aromatic carbocycles. The van der Waals surface area contributed by atoms with Crippen molar-refractivity contribution in [3.05, 3.63) is 40.5 Å². The van der Waals surface area contributed by atoms with Crippen LogP contribution in [0.15, 0.2) is 24.5 Å². The van der Waals surface area contributed by atoms with E-state index in [1.165, 1.54) is 6.07 Å². The predicted molar refractivity (Wildman–Crippen MR) is 65.8 cm³/mol. The predicted octanol–water partition coefficient (Wildman–Crippen LogP) is 0.918. The summed E-state index contributed by atoms with van der Waals surface area (Å²) in [4.78, 5) is 14.4. The lowest BCUT2D eigenvalue weighted by Crippen LogP contribution is -2.06. The van der Waals surface area contributed by atoms with Crippen molar-refractivity contribution in [2.45, 2.75) is 6.54 Å². The summed E-state index contributed by atoms with van der Waals surface area (Å²) in [6, 6.07) is 4.73. The Morgan fingerprint density at radius 1 is 1.56 bits per heavy atom. The first kappa shape index (κ1) is 11.8. The molecule has 0 unspecified atom stereocenters. The van der Waals surface area contributed by atoms with Gasteiger partial charge >= 0.3 is 5.69 Å².